The number of aryl methyl sites for hydroxylation is 1. The Morgan fingerprint density at radius 2 is 1.97 bits per heavy atom. The SMILES string of the molecule is CNC(=O)c1cc(C#N)cc(C)c1NC(=O)c1cc(Br)nn1-c1ncccc1Br. The summed E-state index contributed by atoms with van der Waals surface area (Å²) in [6.07, 6.45) is 1.59. The summed E-state index contributed by atoms with van der Waals surface area (Å²) in [5.74, 6) is -0.465. The van der Waals surface area contributed by atoms with Gasteiger partial charge in [-0.25, -0.2) is 9.67 Å². The van der Waals surface area contributed by atoms with Crippen LogP contribution in [0.5, 0.6) is 0 Å². The van der Waals surface area contributed by atoms with Gasteiger partial charge in [0.15, 0.2) is 5.82 Å². The molecule has 0 unspecified atom stereocenters. The summed E-state index contributed by atoms with van der Waals surface area (Å²) in [5.41, 5.74) is 1.63. The molecule has 0 fully saturated rings. The first-order valence-corrected chi connectivity index (χ1v) is 9.89. The first-order chi connectivity index (χ1) is 13.8. The third-order valence-electron chi connectivity index (χ3n) is 4.03. The number of rotatable bonds is 4. The van der Waals surface area contributed by atoms with Gasteiger partial charge in [0.2, 0.25) is 0 Å². The number of nitriles is 1. The molecule has 29 heavy (non-hydrogen) atoms. The molecule has 2 aromatic heterocycles. The van der Waals surface area contributed by atoms with Crippen LogP contribution in [0, 0.1) is 18.3 Å². The Bertz CT molecular complexity index is 1170. The van der Waals surface area contributed by atoms with Crippen LogP contribution in [-0.2, 0) is 0 Å². The summed E-state index contributed by atoms with van der Waals surface area (Å²) >= 11 is 6.69. The molecule has 3 rings (SSSR count). The Labute approximate surface area is 183 Å². The Balaban J connectivity index is 2.06. The topological polar surface area (TPSA) is 113 Å². The molecule has 1 aromatic carbocycles. The lowest BCUT2D eigenvalue weighted by molar-refractivity contribution is 0.0964. The van der Waals surface area contributed by atoms with Crippen molar-refractivity contribution in [3.8, 4) is 11.9 Å². The van der Waals surface area contributed by atoms with Gasteiger partial charge in [0.1, 0.15) is 10.3 Å². The van der Waals surface area contributed by atoms with Gasteiger partial charge in [-0.3, -0.25) is 9.59 Å². The summed E-state index contributed by atoms with van der Waals surface area (Å²) in [7, 11) is 1.48. The van der Waals surface area contributed by atoms with Crippen molar-refractivity contribution in [2.75, 3.05) is 12.4 Å². The number of nitrogens with one attached hydrogen (secondary N) is 2. The summed E-state index contributed by atoms with van der Waals surface area (Å²) in [5, 5.41) is 18.8. The Morgan fingerprint density at radius 3 is 2.62 bits per heavy atom. The molecule has 10 heteroatoms. The number of halogens is 2. The molecule has 3 aromatic rings. The van der Waals surface area contributed by atoms with E-state index >= 15 is 0 Å². The Morgan fingerprint density at radius 1 is 1.21 bits per heavy atom. The number of hydrogen-bond acceptors (Lipinski definition) is 5. The number of pyridine rings is 1. The molecule has 0 spiro atoms. The fourth-order valence-electron chi connectivity index (χ4n) is 2.72. The first kappa shape index (κ1) is 20.7. The van der Waals surface area contributed by atoms with Crippen molar-refractivity contribution >= 4 is 49.4 Å². The lowest BCUT2D eigenvalue weighted by Crippen LogP contribution is -2.24. The quantitative estimate of drug-likeness (QED) is 0.549. The molecule has 0 saturated carbocycles. The molecule has 2 amide bonds. The largest absolute Gasteiger partial charge is 0.355 e. The van der Waals surface area contributed by atoms with Crippen molar-refractivity contribution in [2.45, 2.75) is 6.92 Å². The number of benzene rings is 1. The molecule has 0 radical (unpaired) electrons. The average Bonchev–Trinajstić information content (AvgIpc) is 3.10. The maximum atomic E-state index is 13.1. The number of amides is 2. The van der Waals surface area contributed by atoms with Gasteiger partial charge in [-0.1, -0.05) is 0 Å². The van der Waals surface area contributed by atoms with Gasteiger partial charge in [-0.05, 0) is 68.6 Å². The van der Waals surface area contributed by atoms with E-state index in [1.807, 2.05) is 6.07 Å². The summed E-state index contributed by atoms with van der Waals surface area (Å²) in [6.45, 7) is 1.71. The van der Waals surface area contributed by atoms with Crippen molar-refractivity contribution in [1.82, 2.24) is 20.1 Å². The van der Waals surface area contributed by atoms with Crippen LogP contribution >= 0.6 is 31.9 Å². The van der Waals surface area contributed by atoms with E-state index in [0.29, 0.717) is 31.7 Å². The summed E-state index contributed by atoms with van der Waals surface area (Å²) in [4.78, 5) is 29.6. The van der Waals surface area contributed by atoms with E-state index in [1.54, 1.807) is 37.4 Å². The Hall–Kier alpha value is -3.03. The maximum Gasteiger partial charge on any atom is 0.274 e. The molecule has 0 saturated heterocycles. The number of anilines is 1. The Kier molecular flexibility index (Phi) is 6.10. The van der Waals surface area contributed by atoms with E-state index in [0.717, 1.165) is 0 Å². The fourth-order valence-corrected chi connectivity index (χ4v) is 3.52. The van der Waals surface area contributed by atoms with Crippen LogP contribution in [0.4, 0.5) is 5.69 Å². The zero-order chi connectivity index (χ0) is 21.1. The minimum absolute atomic E-state index is 0.196. The van der Waals surface area contributed by atoms with E-state index < -0.39 is 11.8 Å². The lowest BCUT2D eigenvalue weighted by Gasteiger charge is -2.14. The van der Waals surface area contributed by atoms with E-state index in [4.69, 9.17) is 0 Å². The molecule has 0 aliphatic carbocycles. The van der Waals surface area contributed by atoms with Crippen molar-refractivity contribution < 1.29 is 9.59 Å². The molecule has 2 heterocycles. The summed E-state index contributed by atoms with van der Waals surface area (Å²) in [6, 6.07) is 10.1. The van der Waals surface area contributed by atoms with Gasteiger partial charge in [0, 0.05) is 19.3 Å². The van der Waals surface area contributed by atoms with Crippen LogP contribution in [-0.4, -0.2) is 33.6 Å². The standard InChI is InChI=1S/C19H14Br2N6O2/c1-10-6-11(9-22)7-12(18(28)23-2)16(10)25-19(29)14-8-15(21)26-27(14)17-13(20)4-3-5-24-17/h3-8H,1-2H3,(H,23,28)(H,25,29). The molecular weight excluding hydrogens is 504 g/mol. The molecular formula is C19H14Br2N6O2. The fraction of sp³-hybridized carbons (Fsp3) is 0.105. The molecule has 8 nitrogen and oxygen atoms in total. The highest BCUT2D eigenvalue weighted by Crippen LogP contribution is 2.26. The van der Waals surface area contributed by atoms with Gasteiger partial charge < -0.3 is 10.6 Å². The van der Waals surface area contributed by atoms with Gasteiger partial charge in [-0.2, -0.15) is 10.4 Å². The predicted molar refractivity (Wildman–Crippen MR) is 114 cm³/mol. The smallest absolute Gasteiger partial charge is 0.274 e. The molecule has 0 atom stereocenters. The van der Waals surface area contributed by atoms with Gasteiger partial charge in [0.25, 0.3) is 11.8 Å². The number of aromatic nitrogens is 3. The third kappa shape index (κ3) is 4.21. The van der Waals surface area contributed by atoms with E-state index in [9.17, 15) is 14.9 Å². The number of carbonyl (C=O) groups is 2. The monoisotopic (exact) mass is 516 g/mol. The van der Waals surface area contributed by atoms with Crippen LogP contribution in [0.2, 0.25) is 0 Å². The van der Waals surface area contributed by atoms with Crippen molar-refractivity contribution in [1.29, 1.82) is 5.26 Å². The number of nitrogens with zero attached hydrogens (tertiary/aromatic N) is 4. The predicted octanol–water partition coefficient (Wildman–Crippen LogP) is 3.58. The van der Waals surface area contributed by atoms with Crippen LogP contribution in [0.1, 0.15) is 32.0 Å². The zero-order valence-corrected chi connectivity index (χ0v) is 18.5. The zero-order valence-electron chi connectivity index (χ0n) is 15.3. The molecule has 146 valence electrons. The molecule has 2 N–H and O–H groups in total. The van der Waals surface area contributed by atoms with Gasteiger partial charge in [0.05, 0.1) is 27.4 Å². The van der Waals surface area contributed by atoms with Crippen LogP contribution in [0.15, 0.2) is 45.6 Å². The molecule has 0 bridgehead atoms. The second-order valence-corrected chi connectivity index (χ2v) is 7.60. The minimum Gasteiger partial charge on any atom is -0.355 e. The highest BCUT2D eigenvalue weighted by atomic mass is 79.9. The van der Waals surface area contributed by atoms with Crippen molar-refractivity contribution in [3.63, 3.8) is 0 Å². The lowest BCUT2D eigenvalue weighted by atomic mass is 10.0. The van der Waals surface area contributed by atoms with Crippen LogP contribution in [0.25, 0.3) is 5.82 Å². The number of hydrogen-bond donors (Lipinski definition) is 2. The maximum absolute atomic E-state index is 13.1. The second-order valence-electron chi connectivity index (χ2n) is 5.93. The summed E-state index contributed by atoms with van der Waals surface area (Å²) < 4.78 is 2.50. The van der Waals surface area contributed by atoms with Crippen LogP contribution in [0.3, 0.4) is 0 Å². The van der Waals surface area contributed by atoms with Crippen LogP contribution < -0.4 is 10.6 Å². The van der Waals surface area contributed by atoms with E-state index in [1.165, 1.54) is 17.8 Å². The first-order valence-electron chi connectivity index (χ1n) is 8.30. The van der Waals surface area contributed by atoms with Crippen molar-refractivity contribution in [3.05, 3.63) is 68.0 Å². The van der Waals surface area contributed by atoms with E-state index in [2.05, 4.69) is 52.6 Å². The van der Waals surface area contributed by atoms with E-state index in [-0.39, 0.29) is 11.3 Å². The highest BCUT2D eigenvalue weighted by Gasteiger charge is 2.22. The van der Waals surface area contributed by atoms with Gasteiger partial charge >= 0.3 is 0 Å². The average molecular weight is 518 g/mol. The highest BCUT2D eigenvalue weighted by molar-refractivity contribution is 9.10. The minimum atomic E-state index is -0.487. The number of carbonyl (C=O) groups excluding carboxylic acids is 2. The van der Waals surface area contributed by atoms with Crippen molar-refractivity contribution in [2.24, 2.45) is 0 Å². The van der Waals surface area contributed by atoms with Gasteiger partial charge in [-0.15, -0.1) is 0 Å². The molecule has 0 aliphatic heterocycles. The normalized spacial score (nSPS) is 10.3. The second kappa shape index (κ2) is 8.55. The molecule has 0 aliphatic rings. The third-order valence-corrected chi connectivity index (χ3v) is 5.03.